The smallest absolute Gasteiger partial charge is 0.404 e. The summed E-state index contributed by atoms with van der Waals surface area (Å²) in [6, 6.07) is 6.01. The fourth-order valence-electron chi connectivity index (χ4n) is 3.38. The number of benzene rings is 1. The Hall–Kier alpha value is -1.91. The number of nitrogens with zero attached hydrogens (tertiary/aromatic N) is 1. The van der Waals surface area contributed by atoms with Gasteiger partial charge in [0, 0.05) is 29.9 Å². The molecule has 2 fully saturated rings. The van der Waals surface area contributed by atoms with Crippen LogP contribution in [0.5, 0.6) is 0 Å². The number of ether oxygens (including phenoxy) is 1. The minimum absolute atomic E-state index is 0.0205. The summed E-state index contributed by atoms with van der Waals surface area (Å²) in [5.41, 5.74) is 14.4. The second-order valence-corrected chi connectivity index (χ2v) is 5.87. The van der Waals surface area contributed by atoms with Crippen molar-refractivity contribution in [2.75, 3.05) is 23.7 Å². The molecule has 0 radical (unpaired) electrons. The summed E-state index contributed by atoms with van der Waals surface area (Å²) >= 11 is 0. The molecule has 1 aromatic carbocycles. The lowest BCUT2D eigenvalue weighted by molar-refractivity contribution is -0.0546. The van der Waals surface area contributed by atoms with E-state index in [0.29, 0.717) is 5.41 Å². The Bertz CT molecular complexity index is 515. The van der Waals surface area contributed by atoms with Gasteiger partial charge in [-0.25, -0.2) is 4.79 Å². The van der Waals surface area contributed by atoms with Crippen LogP contribution in [0.25, 0.3) is 0 Å². The number of carbonyl (C=O) groups excluding carboxylic acids is 1. The molecule has 5 heteroatoms. The number of hydrogen-bond acceptors (Lipinski definition) is 4. The minimum atomic E-state index is -0.662. The lowest BCUT2D eigenvalue weighted by Crippen LogP contribution is -2.64. The predicted octanol–water partition coefficient (Wildman–Crippen LogP) is 1.64. The minimum Gasteiger partial charge on any atom is -0.446 e. The average molecular weight is 261 g/mol. The maximum atomic E-state index is 10.7. The normalized spacial score (nSPS) is 20.8. The summed E-state index contributed by atoms with van der Waals surface area (Å²) in [6.07, 6.45) is 1.22. The number of carbonyl (C=O) groups is 1. The van der Waals surface area contributed by atoms with Gasteiger partial charge in [-0.2, -0.15) is 0 Å². The molecule has 1 aliphatic carbocycles. The molecule has 0 bridgehead atoms. The van der Waals surface area contributed by atoms with Crippen molar-refractivity contribution in [1.29, 1.82) is 0 Å². The highest BCUT2D eigenvalue weighted by molar-refractivity contribution is 5.65. The first-order valence-corrected chi connectivity index (χ1v) is 6.55. The van der Waals surface area contributed by atoms with E-state index in [1.54, 1.807) is 0 Å². The third kappa shape index (κ3) is 2.09. The zero-order chi connectivity index (χ0) is 13.6. The topological polar surface area (TPSA) is 81.6 Å². The van der Waals surface area contributed by atoms with Crippen molar-refractivity contribution < 1.29 is 9.53 Å². The molecule has 102 valence electrons. The highest BCUT2D eigenvalue weighted by atomic mass is 16.6. The van der Waals surface area contributed by atoms with Gasteiger partial charge in [0.2, 0.25) is 0 Å². The molecule has 19 heavy (non-hydrogen) atoms. The number of rotatable bonds is 2. The Morgan fingerprint density at radius 1 is 1.42 bits per heavy atom. The summed E-state index contributed by atoms with van der Waals surface area (Å²) in [4.78, 5) is 13.0. The lowest BCUT2D eigenvalue weighted by Gasteiger charge is -2.59. The van der Waals surface area contributed by atoms with Crippen molar-refractivity contribution >= 4 is 17.5 Å². The first-order valence-electron chi connectivity index (χ1n) is 6.55. The Morgan fingerprint density at radius 2 is 2.11 bits per heavy atom. The van der Waals surface area contributed by atoms with Crippen LogP contribution in [-0.4, -0.2) is 25.3 Å². The molecule has 1 saturated heterocycles. The molecular weight excluding hydrogens is 242 g/mol. The molecule has 1 amide bonds. The quantitative estimate of drug-likeness (QED) is 0.793. The van der Waals surface area contributed by atoms with Crippen molar-refractivity contribution in [2.24, 2.45) is 11.1 Å². The van der Waals surface area contributed by atoms with Crippen molar-refractivity contribution in [3.63, 3.8) is 0 Å². The van der Waals surface area contributed by atoms with Crippen LogP contribution >= 0.6 is 0 Å². The Balaban J connectivity index is 1.58. The highest BCUT2D eigenvalue weighted by Crippen LogP contribution is 2.51. The zero-order valence-corrected chi connectivity index (χ0v) is 11.1. The third-order valence-electron chi connectivity index (χ3n) is 4.22. The summed E-state index contributed by atoms with van der Waals surface area (Å²) in [5.74, 6) is 0. The fraction of sp³-hybridized carbons (Fsp3) is 0.500. The number of aryl methyl sites for hydroxylation is 1. The van der Waals surface area contributed by atoms with Crippen LogP contribution in [0.1, 0.15) is 18.4 Å². The molecule has 1 aliphatic heterocycles. The van der Waals surface area contributed by atoms with E-state index in [0.717, 1.165) is 31.6 Å². The van der Waals surface area contributed by atoms with Gasteiger partial charge in [0.05, 0.1) is 0 Å². The van der Waals surface area contributed by atoms with E-state index in [4.69, 9.17) is 16.2 Å². The molecule has 5 nitrogen and oxygen atoms in total. The summed E-state index contributed by atoms with van der Waals surface area (Å²) in [5, 5.41) is 0. The summed E-state index contributed by atoms with van der Waals surface area (Å²) < 4.78 is 5.00. The molecule has 1 aromatic rings. The largest absolute Gasteiger partial charge is 0.446 e. The van der Waals surface area contributed by atoms with E-state index < -0.39 is 6.09 Å². The van der Waals surface area contributed by atoms with Gasteiger partial charge in [-0.05, 0) is 43.5 Å². The van der Waals surface area contributed by atoms with Crippen molar-refractivity contribution in [1.82, 2.24) is 0 Å². The number of nitrogens with two attached hydrogens (primary N) is 2. The number of amides is 1. The van der Waals surface area contributed by atoms with Gasteiger partial charge in [0.15, 0.2) is 0 Å². The maximum absolute atomic E-state index is 10.7. The highest BCUT2D eigenvalue weighted by Gasteiger charge is 2.53. The molecule has 0 aromatic heterocycles. The van der Waals surface area contributed by atoms with Gasteiger partial charge >= 0.3 is 6.09 Å². The van der Waals surface area contributed by atoms with Crippen molar-refractivity contribution in [2.45, 2.75) is 25.9 Å². The van der Waals surface area contributed by atoms with E-state index in [-0.39, 0.29) is 6.10 Å². The molecule has 0 atom stereocenters. The standard InChI is InChI=1S/C14H19N3O2/c1-9-4-10(15)2-3-12(9)17-7-14(8-17)5-11(6-14)19-13(16)18/h2-4,11H,5-8,15H2,1H3,(H2,16,18). The van der Waals surface area contributed by atoms with Gasteiger partial charge in [-0.3, -0.25) is 0 Å². The van der Waals surface area contributed by atoms with Crippen LogP contribution < -0.4 is 16.4 Å². The predicted molar refractivity (Wildman–Crippen MR) is 73.9 cm³/mol. The van der Waals surface area contributed by atoms with Gasteiger partial charge < -0.3 is 21.1 Å². The van der Waals surface area contributed by atoms with Gasteiger partial charge in [-0.1, -0.05) is 0 Å². The second kappa shape index (κ2) is 4.05. The van der Waals surface area contributed by atoms with E-state index >= 15 is 0 Å². The fourth-order valence-corrected chi connectivity index (χ4v) is 3.38. The lowest BCUT2D eigenvalue weighted by atomic mass is 9.61. The van der Waals surface area contributed by atoms with Gasteiger partial charge in [-0.15, -0.1) is 0 Å². The van der Waals surface area contributed by atoms with Crippen LogP contribution in [0.2, 0.25) is 0 Å². The molecule has 1 saturated carbocycles. The monoisotopic (exact) mass is 261 g/mol. The summed E-state index contributed by atoms with van der Waals surface area (Å²) in [7, 11) is 0. The third-order valence-corrected chi connectivity index (χ3v) is 4.22. The van der Waals surface area contributed by atoms with Crippen LogP contribution in [-0.2, 0) is 4.74 Å². The molecule has 1 spiro atoms. The zero-order valence-electron chi connectivity index (χ0n) is 11.1. The van der Waals surface area contributed by atoms with Gasteiger partial charge in [0.1, 0.15) is 6.10 Å². The molecule has 2 aliphatic rings. The van der Waals surface area contributed by atoms with Crippen LogP contribution in [0.3, 0.4) is 0 Å². The maximum Gasteiger partial charge on any atom is 0.404 e. The van der Waals surface area contributed by atoms with Gasteiger partial charge in [0.25, 0.3) is 0 Å². The van der Waals surface area contributed by atoms with Crippen LogP contribution in [0.4, 0.5) is 16.2 Å². The molecular formula is C14H19N3O2. The number of hydrogen-bond donors (Lipinski definition) is 2. The summed E-state index contributed by atoms with van der Waals surface area (Å²) in [6.45, 7) is 4.13. The van der Waals surface area contributed by atoms with Crippen LogP contribution in [0.15, 0.2) is 18.2 Å². The molecule has 1 heterocycles. The Kier molecular flexibility index (Phi) is 2.59. The average Bonchev–Trinajstić information content (AvgIpc) is 2.20. The Labute approximate surface area is 112 Å². The first kappa shape index (κ1) is 12.1. The van der Waals surface area contributed by atoms with E-state index in [1.165, 1.54) is 11.3 Å². The molecule has 0 unspecified atom stereocenters. The number of primary amides is 1. The Morgan fingerprint density at radius 3 is 2.68 bits per heavy atom. The van der Waals surface area contributed by atoms with E-state index in [1.807, 2.05) is 12.1 Å². The second-order valence-electron chi connectivity index (χ2n) is 5.87. The van der Waals surface area contributed by atoms with E-state index in [2.05, 4.69) is 17.9 Å². The number of nitrogen functional groups attached to an aromatic ring is 1. The number of anilines is 2. The van der Waals surface area contributed by atoms with Crippen molar-refractivity contribution in [3.05, 3.63) is 23.8 Å². The SMILES string of the molecule is Cc1cc(N)ccc1N1CC2(CC(OC(N)=O)C2)C1. The van der Waals surface area contributed by atoms with Crippen molar-refractivity contribution in [3.8, 4) is 0 Å². The molecule has 4 N–H and O–H groups in total. The van der Waals surface area contributed by atoms with E-state index in [9.17, 15) is 4.79 Å². The molecule has 3 rings (SSSR count). The first-order chi connectivity index (χ1) is 8.97. The van der Waals surface area contributed by atoms with Crippen LogP contribution in [0, 0.1) is 12.3 Å².